The predicted molar refractivity (Wildman–Crippen MR) is 150 cm³/mol. The number of rotatable bonds is 9. The topological polar surface area (TPSA) is 118 Å². The van der Waals surface area contributed by atoms with Crippen molar-refractivity contribution in [2.75, 3.05) is 29.6 Å². The van der Waals surface area contributed by atoms with Crippen molar-refractivity contribution in [1.82, 2.24) is 15.1 Å². The van der Waals surface area contributed by atoms with E-state index in [1.165, 1.54) is 24.4 Å². The number of likely N-dealkylation sites (N-methyl/N-ethyl adjacent to an activating group) is 1. The first-order valence-electron chi connectivity index (χ1n) is 12.3. The Hall–Kier alpha value is -3.54. The standard InChI is InChI=1S/C27H24Cl2FN5O4S/c1-3-40(37,38)19-8-9-22(31-14-19)35(2)15-23(36)32-18-12-20(28)24(21(29)13-18)27(10-11-27)26-33-25(39-34-26)16-4-6-17(30)7-5-16/h4-9,12-14H,3,10-11,15H2,1-2H3,(H,32,36). The molecule has 0 saturated heterocycles. The summed E-state index contributed by atoms with van der Waals surface area (Å²) in [7, 11) is -1.70. The fraction of sp³-hybridized carbons (Fsp3) is 0.259. The minimum atomic E-state index is -3.36. The quantitative estimate of drug-likeness (QED) is 0.265. The Morgan fingerprint density at radius 3 is 2.38 bits per heavy atom. The molecule has 1 aliphatic rings. The molecule has 0 radical (unpaired) electrons. The van der Waals surface area contributed by atoms with Gasteiger partial charge < -0.3 is 14.7 Å². The molecule has 9 nitrogen and oxygen atoms in total. The summed E-state index contributed by atoms with van der Waals surface area (Å²) in [6, 6.07) is 12.0. The number of hydrogen-bond acceptors (Lipinski definition) is 8. The summed E-state index contributed by atoms with van der Waals surface area (Å²) in [6.45, 7) is 1.51. The minimum absolute atomic E-state index is 0.0244. The van der Waals surface area contributed by atoms with Gasteiger partial charge in [0.1, 0.15) is 11.6 Å². The fourth-order valence-electron chi connectivity index (χ4n) is 4.39. The molecule has 0 aliphatic heterocycles. The lowest BCUT2D eigenvalue weighted by atomic mass is 9.94. The Kier molecular flexibility index (Phi) is 7.56. The lowest BCUT2D eigenvalue weighted by molar-refractivity contribution is -0.114. The highest BCUT2D eigenvalue weighted by Crippen LogP contribution is 2.57. The first-order chi connectivity index (χ1) is 19.0. The fourth-order valence-corrected chi connectivity index (χ4v) is 6.06. The highest BCUT2D eigenvalue weighted by molar-refractivity contribution is 7.91. The van der Waals surface area contributed by atoms with Crippen LogP contribution in [0.5, 0.6) is 0 Å². The normalized spacial score (nSPS) is 14.1. The van der Waals surface area contributed by atoms with Gasteiger partial charge in [0.2, 0.25) is 5.91 Å². The maximum absolute atomic E-state index is 13.3. The summed E-state index contributed by atoms with van der Waals surface area (Å²) in [5.74, 6) is 0.389. The van der Waals surface area contributed by atoms with Crippen LogP contribution < -0.4 is 10.2 Å². The Bertz CT molecular complexity index is 1650. The van der Waals surface area contributed by atoms with E-state index in [2.05, 4.69) is 20.4 Å². The van der Waals surface area contributed by atoms with E-state index in [9.17, 15) is 17.6 Å². The summed E-state index contributed by atoms with van der Waals surface area (Å²) < 4.78 is 42.7. The van der Waals surface area contributed by atoms with Crippen LogP contribution in [0.4, 0.5) is 15.9 Å². The summed E-state index contributed by atoms with van der Waals surface area (Å²) in [5, 5.41) is 7.62. The number of pyridine rings is 1. The Labute approximate surface area is 240 Å². The maximum atomic E-state index is 13.3. The van der Waals surface area contributed by atoms with Crippen LogP contribution in [0.3, 0.4) is 0 Å². The summed E-state index contributed by atoms with van der Waals surface area (Å²) >= 11 is 13.3. The van der Waals surface area contributed by atoms with Crippen LogP contribution in [0.2, 0.25) is 10.0 Å². The molecule has 0 unspecified atom stereocenters. The van der Waals surface area contributed by atoms with E-state index in [-0.39, 0.29) is 34.8 Å². The molecule has 13 heteroatoms. The number of carbonyl (C=O) groups excluding carboxylic acids is 1. The number of halogens is 3. The van der Waals surface area contributed by atoms with Crippen molar-refractivity contribution in [3.8, 4) is 11.5 Å². The first-order valence-corrected chi connectivity index (χ1v) is 14.7. The van der Waals surface area contributed by atoms with Crippen LogP contribution in [-0.4, -0.2) is 48.8 Å². The maximum Gasteiger partial charge on any atom is 0.257 e. The number of amides is 1. The van der Waals surface area contributed by atoms with Gasteiger partial charge in [0.05, 0.1) is 22.6 Å². The second kappa shape index (κ2) is 10.8. The highest BCUT2D eigenvalue weighted by Gasteiger charge is 2.52. The molecule has 208 valence electrons. The molecule has 0 spiro atoms. The Morgan fingerprint density at radius 2 is 1.80 bits per heavy atom. The monoisotopic (exact) mass is 603 g/mol. The lowest BCUT2D eigenvalue weighted by Crippen LogP contribution is -2.30. The molecule has 2 aromatic heterocycles. The van der Waals surface area contributed by atoms with E-state index in [0.717, 1.165) is 0 Å². The molecule has 5 rings (SSSR count). The molecule has 4 aromatic rings. The average molecular weight is 604 g/mol. The van der Waals surface area contributed by atoms with Crippen LogP contribution in [0.15, 0.2) is 64.1 Å². The molecule has 1 fully saturated rings. The van der Waals surface area contributed by atoms with Crippen LogP contribution in [0.25, 0.3) is 11.5 Å². The van der Waals surface area contributed by atoms with Gasteiger partial charge in [-0.25, -0.2) is 17.8 Å². The van der Waals surface area contributed by atoms with Crippen molar-refractivity contribution >= 4 is 50.5 Å². The van der Waals surface area contributed by atoms with Gasteiger partial charge in [0.25, 0.3) is 5.89 Å². The molecular weight excluding hydrogens is 580 g/mol. The van der Waals surface area contributed by atoms with Crippen LogP contribution in [0, 0.1) is 5.82 Å². The van der Waals surface area contributed by atoms with E-state index in [1.807, 2.05) is 0 Å². The lowest BCUT2D eigenvalue weighted by Gasteiger charge is -2.19. The van der Waals surface area contributed by atoms with Gasteiger partial charge in [0.15, 0.2) is 15.7 Å². The van der Waals surface area contributed by atoms with Gasteiger partial charge >= 0.3 is 0 Å². The van der Waals surface area contributed by atoms with E-state index in [1.54, 1.807) is 49.2 Å². The summed E-state index contributed by atoms with van der Waals surface area (Å²) in [6.07, 6.45) is 2.69. The minimum Gasteiger partial charge on any atom is -0.350 e. The number of nitrogens with one attached hydrogen (secondary N) is 1. The second-order valence-corrected chi connectivity index (χ2v) is 12.6. The third kappa shape index (κ3) is 5.54. The predicted octanol–water partition coefficient (Wildman–Crippen LogP) is 5.53. The van der Waals surface area contributed by atoms with Crippen molar-refractivity contribution in [3.63, 3.8) is 0 Å². The van der Waals surface area contributed by atoms with Crippen molar-refractivity contribution in [2.45, 2.75) is 30.1 Å². The van der Waals surface area contributed by atoms with Gasteiger partial charge in [-0.15, -0.1) is 0 Å². The molecule has 1 N–H and O–H groups in total. The SMILES string of the molecule is CCS(=O)(=O)c1ccc(N(C)CC(=O)Nc2cc(Cl)c(C3(c4noc(-c5ccc(F)cc5)n4)CC3)c(Cl)c2)nc1. The number of carbonyl (C=O) groups is 1. The van der Waals surface area contributed by atoms with Gasteiger partial charge in [-0.1, -0.05) is 35.3 Å². The van der Waals surface area contributed by atoms with Gasteiger partial charge in [-0.2, -0.15) is 4.98 Å². The van der Waals surface area contributed by atoms with Crippen LogP contribution in [0.1, 0.15) is 31.2 Å². The zero-order valence-electron chi connectivity index (χ0n) is 21.5. The smallest absolute Gasteiger partial charge is 0.257 e. The highest BCUT2D eigenvalue weighted by atomic mass is 35.5. The summed E-state index contributed by atoms with van der Waals surface area (Å²) in [5.41, 5.74) is 1.02. The number of nitrogens with zero attached hydrogens (tertiary/aromatic N) is 4. The van der Waals surface area contributed by atoms with Crippen LogP contribution >= 0.6 is 23.2 Å². The van der Waals surface area contributed by atoms with Crippen LogP contribution in [-0.2, 0) is 20.0 Å². The number of benzene rings is 2. The molecule has 1 saturated carbocycles. The molecule has 1 aliphatic carbocycles. The van der Waals surface area contributed by atoms with Gasteiger partial charge in [-0.3, -0.25) is 4.79 Å². The molecular formula is C27H24Cl2FN5O4S. The number of aromatic nitrogens is 3. The summed E-state index contributed by atoms with van der Waals surface area (Å²) in [4.78, 5) is 23.2. The third-order valence-electron chi connectivity index (χ3n) is 6.73. The third-order valence-corrected chi connectivity index (χ3v) is 9.05. The average Bonchev–Trinajstić information content (AvgIpc) is 3.55. The number of anilines is 2. The van der Waals surface area contributed by atoms with Crippen molar-refractivity contribution in [3.05, 3.63) is 82.0 Å². The van der Waals surface area contributed by atoms with E-state index >= 15 is 0 Å². The molecule has 1 amide bonds. The molecule has 0 bridgehead atoms. The number of sulfone groups is 1. The number of hydrogen-bond donors (Lipinski definition) is 1. The Balaban J connectivity index is 1.29. The molecule has 2 heterocycles. The molecule has 2 aromatic carbocycles. The largest absolute Gasteiger partial charge is 0.350 e. The van der Waals surface area contributed by atoms with E-state index in [0.29, 0.717) is 51.3 Å². The van der Waals surface area contributed by atoms with Gasteiger partial charge in [-0.05, 0) is 61.4 Å². The Morgan fingerprint density at radius 1 is 1.12 bits per heavy atom. The molecule has 40 heavy (non-hydrogen) atoms. The first kappa shape index (κ1) is 28.0. The van der Waals surface area contributed by atoms with Gasteiger partial charge in [0, 0.05) is 40.1 Å². The van der Waals surface area contributed by atoms with E-state index in [4.69, 9.17) is 27.7 Å². The zero-order chi connectivity index (χ0) is 28.7. The van der Waals surface area contributed by atoms with Crippen molar-refractivity contribution < 1.29 is 22.1 Å². The van der Waals surface area contributed by atoms with Crippen molar-refractivity contribution in [2.24, 2.45) is 0 Å². The molecule has 0 atom stereocenters. The second-order valence-electron chi connectivity index (χ2n) is 9.49. The zero-order valence-corrected chi connectivity index (χ0v) is 23.8. The van der Waals surface area contributed by atoms with E-state index < -0.39 is 15.3 Å². The van der Waals surface area contributed by atoms with Crippen molar-refractivity contribution in [1.29, 1.82) is 0 Å².